The molecule has 2 heterocycles. The Bertz CT molecular complexity index is 385. The summed E-state index contributed by atoms with van der Waals surface area (Å²) < 4.78 is 5.27. The molecule has 1 aromatic rings. The van der Waals surface area contributed by atoms with E-state index in [1.54, 1.807) is 0 Å². The molecule has 0 aromatic carbocycles. The molecule has 1 aliphatic heterocycles. The monoisotopic (exact) mass is 280 g/mol. The quantitative estimate of drug-likeness (QED) is 0.831. The zero-order valence-corrected chi connectivity index (χ0v) is 13.1. The van der Waals surface area contributed by atoms with E-state index in [9.17, 15) is 0 Å². The fraction of sp³-hybridized carbons (Fsp3) is 0.867. The standard InChI is InChI=1S/C15H28N4O/c1-4-7-15-17-14(18-20-15)11-19(12(2)3)10-13-8-5-6-9-16-13/h12-13,16H,4-11H2,1-3H3. The third-order valence-electron chi connectivity index (χ3n) is 3.92. The van der Waals surface area contributed by atoms with Crippen molar-refractivity contribution in [2.75, 3.05) is 13.1 Å². The van der Waals surface area contributed by atoms with Gasteiger partial charge in [-0.05, 0) is 39.7 Å². The Kier molecular flexibility index (Phi) is 5.98. The first-order valence-electron chi connectivity index (χ1n) is 7.98. The summed E-state index contributed by atoms with van der Waals surface area (Å²) >= 11 is 0. The van der Waals surface area contributed by atoms with Crippen molar-refractivity contribution in [3.63, 3.8) is 0 Å². The molecule has 0 saturated carbocycles. The molecule has 1 unspecified atom stereocenters. The van der Waals surface area contributed by atoms with Crippen LogP contribution in [0.2, 0.25) is 0 Å². The van der Waals surface area contributed by atoms with Crippen LogP contribution in [-0.2, 0) is 13.0 Å². The Morgan fingerprint density at radius 2 is 2.25 bits per heavy atom. The Balaban J connectivity index is 1.90. The highest BCUT2D eigenvalue weighted by Gasteiger charge is 2.20. The average Bonchev–Trinajstić information content (AvgIpc) is 2.87. The summed E-state index contributed by atoms with van der Waals surface area (Å²) in [6.07, 6.45) is 5.84. The molecule has 5 heteroatoms. The number of nitrogens with zero attached hydrogens (tertiary/aromatic N) is 3. The number of rotatable bonds is 7. The molecule has 114 valence electrons. The third kappa shape index (κ3) is 4.56. The highest BCUT2D eigenvalue weighted by Crippen LogP contribution is 2.13. The smallest absolute Gasteiger partial charge is 0.226 e. The molecule has 0 bridgehead atoms. The lowest BCUT2D eigenvalue weighted by molar-refractivity contribution is 0.171. The van der Waals surface area contributed by atoms with E-state index in [0.717, 1.165) is 44.2 Å². The van der Waals surface area contributed by atoms with Gasteiger partial charge in [0, 0.05) is 25.0 Å². The van der Waals surface area contributed by atoms with E-state index in [-0.39, 0.29) is 0 Å². The van der Waals surface area contributed by atoms with Crippen molar-refractivity contribution in [1.82, 2.24) is 20.4 Å². The zero-order valence-electron chi connectivity index (χ0n) is 13.1. The minimum atomic E-state index is 0.492. The Morgan fingerprint density at radius 1 is 1.40 bits per heavy atom. The topological polar surface area (TPSA) is 54.2 Å². The van der Waals surface area contributed by atoms with Crippen LogP contribution in [0.4, 0.5) is 0 Å². The Hall–Kier alpha value is -0.940. The van der Waals surface area contributed by atoms with Gasteiger partial charge in [-0.15, -0.1) is 0 Å². The van der Waals surface area contributed by atoms with E-state index in [0.29, 0.717) is 12.1 Å². The molecule has 20 heavy (non-hydrogen) atoms. The van der Waals surface area contributed by atoms with Crippen molar-refractivity contribution >= 4 is 0 Å². The second-order valence-corrected chi connectivity index (χ2v) is 6.02. The summed E-state index contributed by atoms with van der Waals surface area (Å²) in [6.45, 7) is 9.59. The lowest BCUT2D eigenvalue weighted by atomic mass is 10.0. The van der Waals surface area contributed by atoms with Crippen LogP contribution in [0.15, 0.2) is 4.52 Å². The van der Waals surface area contributed by atoms with Gasteiger partial charge in [0.1, 0.15) is 0 Å². The van der Waals surface area contributed by atoms with Crippen molar-refractivity contribution < 1.29 is 4.52 Å². The van der Waals surface area contributed by atoms with Crippen LogP contribution in [0.3, 0.4) is 0 Å². The maximum Gasteiger partial charge on any atom is 0.226 e. The molecule has 0 radical (unpaired) electrons. The van der Waals surface area contributed by atoms with Gasteiger partial charge in [0.15, 0.2) is 5.82 Å². The van der Waals surface area contributed by atoms with Crippen LogP contribution in [-0.4, -0.2) is 40.2 Å². The molecule has 2 rings (SSSR count). The SMILES string of the molecule is CCCc1nc(CN(CC2CCCCN2)C(C)C)no1. The van der Waals surface area contributed by atoms with Crippen LogP contribution < -0.4 is 5.32 Å². The molecule has 1 aliphatic rings. The molecule has 1 saturated heterocycles. The number of aryl methyl sites for hydroxylation is 1. The van der Waals surface area contributed by atoms with E-state index in [1.807, 2.05) is 0 Å². The molecule has 1 N–H and O–H groups in total. The van der Waals surface area contributed by atoms with Crippen LogP contribution in [0.1, 0.15) is 58.2 Å². The molecule has 0 spiro atoms. The normalized spacial score (nSPS) is 19.9. The summed E-state index contributed by atoms with van der Waals surface area (Å²) in [5, 5.41) is 7.71. The first-order chi connectivity index (χ1) is 9.69. The second-order valence-electron chi connectivity index (χ2n) is 6.02. The van der Waals surface area contributed by atoms with E-state index in [1.165, 1.54) is 19.3 Å². The van der Waals surface area contributed by atoms with Gasteiger partial charge in [-0.3, -0.25) is 4.90 Å². The molecule has 1 aromatic heterocycles. The van der Waals surface area contributed by atoms with Gasteiger partial charge in [-0.1, -0.05) is 18.5 Å². The molecule has 1 atom stereocenters. The van der Waals surface area contributed by atoms with Gasteiger partial charge in [0.2, 0.25) is 5.89 Å². The molecule has 1 fully saturated rings. The molecule has 0 amide bonds. The van der Waals surface area contributed by atoms with E-state index >= 15 is 0 Å². The predicted molar refractivity (Wildman–Crippen MR) is 79.5 cm³/mol. The maximum absolute atomic E-state index is 5.27. The number of hydrogen-bond donors (Lipinski definition) is 1. The Morgan fingerprint density at radius 3 is 2.90 bits per heavy atom. The van der Waals surface area contributed by atoms with Crippen LogP contribution in [0.25, 0.3) is 0 Å². The lowest BCUT2D eigenvalue weighted by Gasteiger charge is -2.32. The van der Waals surface area contributed by atoms with Crippen molar-refractivity contribution in [3.8, 4) is 0 Å². The summed E-state index contributed by atoms with van der Waals surface area (Å²) in [7, 11) is 0. The lowest BCUT2D eigenvalue weighted by Crippen LogP contribution is -2.45. The van der Waals surface area contributed by atoms with Crippen LogP contribution >= 0.6 is 0 Å². The maximum atomic E-state index is 5.27. The molecule has 0 aliphatic carbocycles. The fourth-order valence-electron chi connectivity index (χ4n) is 2.67. The summed E-state index contributed by atoms with van der Waals surface area (Å²) in [5.41, 5.74) is 0. The van der Waals surface area contributed by atoms with Gasteiger partial charge >= 0.3 is 0 Å². The highest BCUT2D eigenvalue weighted by molar-refractivity contribution is 4.88. The number of nitrogens with one attached hydrogen (secondary N) is 1. The summed E-state index contributed by atoms with van der Waals surface area (Å²) in [5.74, 6) is 1.58. The minimum Gasteiger partial charge on any atom is -0.339 e. The van der Waals surface area contributed by atoms with E-state index in [4.69, 9.17) is 4.52 Å². The van der Waals surface area contributed by atoms with Gasteiger partial charge in [-0.2, -0.15) is 4.98 Å². The second kappa shape index (κ2) is 7.74. The third-order valence-corrected chi connectivity index (χ3v) is 3.92. The molecular formula is C15H28N4O. The van der Waals surface area contributed by atoms with Crippen molar-refractivity contribution in [1.29, 1.82) is 0 Å². The minimum absolute atomic E-state index is 0.492. The van der Waals surface area contributed by atoms with E-state index in [2.05, 4.69) is 41.1 Å². The zero-order chi connectivity index (χ0) is 14.4. The first kappa shape index (κ1) is 15.4. The largest absolute Gasteiger partial charge is 0.339 e. The van der Waals surface area contributed by atoms with Crippen LogP contribution in [0.5, 0.6) is 0 Å². The van der Waals surface area contributed by atoms with Gasteiger partial charge in [0.25, 0.3) is 0 Å². The molecule has 5 nitrogen and oxygen atoms in total. The Labute approximate surface area is 122 Å². The van der Waals surface area contributed by atoms with Gasteiger partial charge in [0.05, 0.1) is 6.54 Å². The van der Waals surface area contributed by atoms with E-state index < -0.39 is 0 Å². The first-order valence-corrected chi connectivity index (χ1v) is 7.98. The number of hydrogen-bond acceptors (Lipinski definition) is 5. The summed E-state index contributed by atoms with van der Waals surface area (Å²) in [6, 6.07) is 1.10. The van der Waals surface area contributed by atoms with Crippen molar-refractivity contribution in [3.05, 3.63) is 11.7 Å². The van der Waals surface area contributed by atoms with Crippen molar-refractivity contribution in [2.24, 2.45) is 0 Å². The average molecular weight is 280 g/mol. The van der Waals surface area contributed by atoms with Crippen molar-refractivity contribution in [2.45, 2.75) is 71.5 Å². The number of piperidine rings is 1. The van der Waals surface area contributed by atoms with Crippen LogP contribution in [0, 0.1) is 0 Å². The predicted octanol–water partition coefficient (Wildman–Crippen LogP) is 2.37. The highest BCUT2D eigenvalue weighted by atomic mass is 16.5. The summed E-state index contributed by atoms with van der Waals surface area (Å²) in [4.78, 5) is 6.91. The number of aromatic nitrogens is 2. The van der Waals surface area contributed by atoms with Gasteiger partial charge in [-0.25, -0.2) is 0 Å². The molecular weight excluding hydrogens is 252 g/mol. The van der Waals surface area contributed by atoms with Gasteiger partial charge < -0.3 is 9.84 Å². The fourth-order valence-corrected chi connectivity index (χ4v) is 2.67.